The zero-order valence-corrected chi connectivity index (χ0v) is 18.1. The van der Waals surface area contributed by atoms with Gasteiger partial charge in [-0.1, -0.05) is 99.6 Å². The highest BCUT2D eigenvalue weighted by atomic mass is 14.6. The van der Waals surface area contributed by atoms with Crippen molar-refractivity contribution in [2.45, 2.75) is 102 Å². The summed E-state index contributed by atoms with van der Waals surface area (Å²) < 4.78 is 0. The van der Waals surface area contributed by atoms with Crippen molar-refractivity contribution >= 4 is 6.08 Å². The van der Waals surface area contributed by atoms with Gasteiger partial charge in [-0.3, -0.25) is 0 Å². The van der Waals surface area contributed by atoms with Crippen molar-refractivity contribution in [2.75, 3.05) is 0 Å². The lowest BCUT2D eigenvalue weighted by Gasteiger charge is -2.07. The number of hydrogen-bond donors (Lipinski definition) is 0. The Morgan fingerprint density at radius 2 is 1.36 bits per heavy atom. The number of hydrogen-bond acceptors (Lipinski definition) is 0. The van der Waals surface area contributed by atoms with Crippen LogP contribution in [-0.2, 0) is 12.8 Å². The fourth-order valence-electron chi connectivity index (χ4n) is 2.34. The Hall–Kier alpha value is -1.04. The summed E-state index contributed by atoms with van der Waals surface area (Å²) in [4.78, 5) is 0. The molecule has 0 nitrogen and oxygen atoms in total. The minimum absolute atomic E-state index is 0. The lowest BCUT2D eigenvalue weighted by Crippen LogP contribution is -1.92. The number of aryl methyl sites for hydroxylation is 2. The summed E-state index contributed by atoms with van der Waals surface area (Å²) in [6, 6.07) is 6.79. The first-order chi connectivity index (χ1) is 11.8. The van der Waals surface area contributed by atoms with Crippen LogP contribution in [0.15, 0.2) is 24.3 Å². The molecule has 2 aliphatic carbocycles. The van der Waals surface area contributed by atoms with Crippen LogP contribution in [0.5, 0.6) is 0 Å². The second-order valence-electron chi connectivity index (χ2n) is 5.62. The average Bonchev–Trinajstić information content (AvgIpc) is 3.54. The fraction of sp³-hybridized carbons (Fsp3) is 0.680. The summed E-state index contributed by atoms with van der Waals surface area (Å²) in [7, 11) is 0. The fourth-order valence-corrected chi connectivity index (χ4v) is 2.34. The number of fused-ring (bicyclic) bond motifs is 1. The van der Waals surface area contributed by atoms with E-state index >= 15 is 0 Å². The van der Waals surface area contributed by atoms with Gasteiger partial charge in [0.15, 0.2) is 0 Å². The minimum Gasteiger partial charge on any atom is -0.0871 e. The van der Waals surface area contributed by atoms with Crippen molar-refractivity contribution in [3.63, 3.8) is 0 Å². The number of benzene rings is 1. The van der Waals surface area contributed by atoms with Crippen molar-refractivity contribution < 1.29 is 0 Å². The highest BCUT2D eigenvalue weighted by Gasteiger charge is 2.52. The van der Waals surface area contributed by atoms with E-state index in [1.165, 1.54) is 41.4 Å². The maximum Gasteiger partial charge on any atom is -0.0257 e. The molecule has 0 radical (unpaired) electrons. The van der Waals surface area contributed by atoms with Gasteiger partial charge in [0.1, 0.15) is 0 Å². The Kier molecular flexibility index (Phi) is 22.2. The van der Waals surface area contributed by atoms with E-state index in [1.54, 1.807) is 12.8 Å². The number of allylic oxidation sites excluding steroid dienone is 1. The van der Waals surface area contributed by atoms with Gasteiger partial charge in [0.25, 0.3) is 0 Å². The van der Waals surface area contributed by atoms with Crippen LogP contribution < -0.4 is 0 Å². The average molecular weight is 349 g/mol. The number of rotatable bonds is 4. The van der Waals surface area contributed by atoms with Crippen molar-refractivity contribution in [1.82, 2.24) is 0 Å². The van der Waals surface area contributed by atoms with Gasteiger partial charge in [-0.05, 0) is 61.1 Å². The first-order valence-corrected chi connectivity index (χ1v) is 10.5. The molecule has 2 saturated carbocycles. The standard InChI is InChI=1S/C14H20.C4H6.3C2H6.CH4/c1-4-7-12-9-10-13(6-3)14(11-12)8-5-2;1-3-2-4(1)3;3*1-2;/h4,7,9-11H,5-6,8H2,1-3H3;3-4H,1-2H2;3*1-2H3;1H4/b7-4+;;;;;. The van der Waals surface area contributed by atoms with E-state index in [-0.39, 0.29) is 7.43 Å². The van der Waals surface area contributed by atoms with E-state index < -0.39 is 0 Å². The van der Waals surface area contributed by atoms with Crippen LogP contribution >= 0.6 is 0 Å². The quantitative estimate of drug-likeness (QED) is 0.509. The molecule has 0 amide bonds. The molecule has 0 heteroatoms. The van der Waals surface area contributed by atoms with E-state index in [0.29, 0.717) is 0 Å². The van der Waals surface area contributed by atoms with Gasteiger partial charge in [0, 0.05) is 0 Å². The molecule has 0 aromatic heterocycles. The van der Waals surface area contributed by atoms with Gasteiger partial charge < -0.3 is 0 Å². The molecule has 0 atom stereocenters. The molecule has 148 valence electrons. The van der Waals surface area contributed by atoms with Crippen LogP contribution in [0, 0.1) is 11.8 Å². The topological polar surface area (TPSA) is 0 Å². The largest absolute Gasteiger partial charge is 0.0871 e. The van der Waals surface area contributed by atoms with E-state index in [2.05, 4.69) is 51.1 Å². The van der Waals surface area contributed by atoms with Crippen LogP contribution in [0.1, 0.15) is 106 Å². The highest BCUT2D eigenvalue weighted by Crippen LogP contribution is 2.62. The maximum atomic E-state index is 2.32. The molecule has 0 saturated heterocycles. The predicted molar refractivity (Wildman–Crippen MR) is 122 cm³/mol. The minimum atomic E-state index is 0. The molecule has 0 N–H and O–H groups in total. The Morgan fingerprint density at radius 3 is 1.68 bits per heavy atom. The first-order valence-electron chi connectivity index (χ1n) is 10.5. The summed E-state index contributed by atoms with van der Waals surface area (Å²) in [5.74, 6) is 2.50. The van der Waals surface area contributed by atoms with Crippen molar-refractivity contribution in [3.8, 4) is 0 Å². The zero-order chi connectivity index (χ0) is 19.0. The highest BCUT2D eigenvalue weighted by molar-refractivity contribution is 5.51. The molecule has 0 spiro atoms. The molecule has 3 rings (SSSR count). The van der Waals surface area contributed by atoms with E-state index in [1.807, 2.05) is 41.5 Å². The Morgan fingerprint density at radius 1 is 0.880 bits per heavy atom. The monoisotopic (exact) mass is 348 g/mol. The molecular weight excluding hydrogens is 300 g/mol. The van der Waals surface area contributed by atoms with Gasteiger partial charge >= 0.3 is 0 Å². The third-order valence-corrected chi connectivity index (χ3v) is 3.96. The molecule has 2 fully saturated rings. The summed E-state index contributed by atoms with van der Waals surface area (Å²) >= 11 is 0. The third-order valence-electron chi connectivity index (χ3n) is 3.96. The van der Waals surface area contributed by atoms with Crippen LogP contribution in [0.2, 0.25) is 0 Å². The lowest BCUT2D eigenvalue weighted by molar-refractivity contribution is 0.899. The molecule has 0 aliphatic heterocycles. The molecular formula is C25H48. The second-order valence-corrected chi connectivity index (χ2v) is 5.62. The summed E-state index contributed by atoms with van der Waals surface area (Å²) in [6.07, 6.45) is 11.0. The van der Waals surface area contributed by atoms with E-state index in [0.717, 1.165) is 6.42 Å². The van der Waals surface area contributed by atoms with Gasteiger partial charge in [0.2, 0.25) is 0 Å². The molecule has 0 bridgehead atoms. The van der Waals surface area contributed by atoms with Gasteiger partial charge in [-0.2, -0.15) is 0 Å². The van der Waals surface area contributed by atoms with Gasteiger partial charge in [-0.25, -0.2) is 0 Å². The predicted octanol–water partition coefficient (Wildman–Crippen LogP) is 8.98. The van der Waals surface area contributed by atoms with Crippen LogP contribution in [-0.4, -0.2) is 0 Å². The summed E-state index contributed by atoms with van der Waals surface area (Å²) in [5.41, 5.74) is 4.35. The Labute approximate surface area is 161 Å². The molecule has 1 aromatic rings. The Balaban J connectivity index is -0.000000361. The normalized spacial score (nSPS) is 17.5. The zero-order valence-electron chi connectivity index (χ0n) is 18.1. The Bertz CT molecular complexity index is 402. The third kappa shape index (κ3) is 12.9. The molecule has 0 unspecified atom stereocenters. The lowest BCUT2D eigenvalue weighted by atomic mass is 9.98. The molecule has 25 heavy (non-hydrogen) atoms. The smallest absolute Gasteiger partial charge is 0.0257 e. The first kappa shape index (κ1) is 28.8. The molecule has 2 aliphatic rings. The maximum absolute atomic E-state index is 2.32. The van der Waals surface area contributed by atoms with Gasteiger partial charge in [-0.15, -0.1) is 0 Å². The van der Waals surface area contributed by atoms with Crippen LogP contribution in [0.3, 0.4) is 0 Å². The summed E-state index contributed by atoms with van der Waals surface area (Å²) in [5, 5.41) is 0. The van der Waals surface area contributed by atoms with Crippen LogP contribution in [0.25, 0.3) is 6.08 Å². The van der Waals surface area contributed by atoms with E-state index in [4.69, 9.17) is 0 Å². The second kappa shape index (κ2) is 19.3. The van der Waals surface area contributed by atoms with Crippen molar-refractivity contribution in [2.24, 2.45) is 11.8 Å². The molecule has 0 heterocycles. The van der Waals surface area contributed by atoms with Gasteiger partial charge in [0.05, 0.1) is 0 Å². The molecule has 1 aromatic carbocycles. The van der Waals surface area contributed by atoms with E-state index in [9.17, 15) is 0 Å². The SMILES string of the molecule is C.C/C=C/c1ccc(CC)c(CCC)c1.C1C2CC12.CC.CC.CC. The van der Waals surface area contributed by atoms with Crippen molar-refractivity contribution in [3.05, 3.63) is 41.0 Å². The van der Waals surface area contributed by atoms with Crippen LogP contribution in [0.4, 0.5) is 0 Å². The summed E-state index contributed by atoms with van der Waals surface area (Å²) in [6.45, 7) is 18.5. The van der Waals surface area contributed by atoms with Crippen molar-refractivity contribution in [1.29, 1.82) is 0 Å².